The van der Waals surface area contributed by atoms with Crippen LogP contribution in [0.4, 0.5) is 30.5 Å². The molecule has 65 heavy (non-hydrogen) atoms. The van der Waals surface area contributed by atoms with Crippen molar-refractivity contribution in [2.45, 2.75) is 76.8 Å². The number of halogens is 5. The minimum atomic E-state index is -4.76. The van der Waals surface area contributed by atoms with Crippen LogP contribution in [0, 0.1) is 0 Å². The molecule has 1 saturated heterocycles. The summed E-state index contributed by atoms with van der Waals surface area (Å²) in [6.07, 6.45) is 1.98. The van der Waals surface area contributed by atoms with Gasteiger partial charge in [-0.15, -0.1) is 16.4 Å². The Morgan fingerprint density at radius 1 is 0.985 bits per heavy atom. The maximum absolute atomic E-state index is 13.3. The topological polar surface area (TPSA) is 265 Å². The normalized spacial score (nSPS) is 15.4. The first-order chi connectivity index (χ1) is 31.0. The fraction of sp³-hybridized carbons (Fsp3) is 0.308. The lowest BCUT2D eigenvalue weighted by atomic mass is 10.0. The molecule has 5 N–H and O–H groups in total. The zero-order valence-corrected chi connectivity index (χ0v) is 36.0. The Kier molecular flexibility index (Phi) is 13.8. The number of nitrogens with zero attached hydrogens (tertiary/aromatic N) is 8. The van der Waals surface area contributed by atoms with Gasteiger partial charge in [-0.2, -0.15) is 13.2 Å². The summed E-state index contributed by atoms with van der Waals surface area (Å²) in [5.74, 6) is -4.67. The van der Waals surface area contributed by atoms with Crippen LogP contribution in [0.3, 0.4) is 0 Å². The van der Waals surface area contributed by atoms with Gasteiger partial charge in [0.2, 0.25) is 17.7 Å². The van der Waals surface area contributed by atoms with Crippen LogP contribution in [0.15, 0.2) is 49.2 Å². The maximum atomic E-state index is 13.3. The van der Waals surface area contributed by atoms with Gasteiger partial charge in [0.1, 0.15) is 44.6 Å². The first-order valence-electron chi connectivity index (χ1n) is 19.6. The lowest BCUT2D eigenvalue weighted by Gasteiger charge is -2.27. The summed E-state index contributed by atoms with van der Waals surface area (Å²) in [7, 11) is 0. The van der Waals surface area contributed by atoms with Gasteiger partial charge in [-0.1, -0.05) is 40.9 Å². The lowest BCUT2D eigenvalue weighted by molar-refractivity contribution is -0.138. The molecule has 2 aliphatic rings. The number of pyridine rings is 1. The number of carbonyl (C=O) groups excluding carboxylic acids is 7. The number of aryl methyl sites for hydroxylation is 1. The maximum Gasteiger partial charge on any atom is 0.418 e. The highest BCUT2D eigenvalue weighted by atomic mass is 35.5. The fourth-order valence-electron chi connectivity index (χ4n) is 6.74. The fourth-order valence-corrected chi connectivity index (χ4v) is 8.02. The van der Waals surface area contributed by atoms with Crippen molar-refractivity contribution in [3.05, 3.63) is 97.2 Å². The van der Waals surface area contributed by atoms with Gasteiger partial charge in [-0.3, -0.25) is 48.5 Å². The van der Waals surface area contributed by atoms with Crippen molar-refractivity contribution in [1.29, 1.82) is 0 Å². The van der Waals surface area contributed by atoms with E-state index in [2.05, 4.69) is 56.8 Å². The van der Waals surface area contributed by atoms with Gasteiger partial charge in [0.15, 0.2) is 5.69 Å². The van der Waals surface area contributed by atoms with Crippen LogP contribution in [-0.4, -0.2) is 87.2 Å². The second-order valence-corrected chi connectivity index (χ2v) is 16.4. The number of rotatable bonds is 16. The Morgan fingerprint density at radius 3 is 2.55 bits per heavy atom. The molecule has 2 atom stereocenters. The van der Waals surface area contributed by atoms with E-state index in [1.165, 1.54) is 24.4 Å². The van der Waals surface area contributed by atoms with Gasteiger partial charge in [0, 0.05) is 25.6 Å². The molecule has 7 amide bonds. The number of piperidine rings is 1. The van der Waals surface area contributed by atoms with E-state index in [-0.39, 0.29) is 75.8 Å². The van der Waals surface area contributed by atoms with Gasteiger partial charge in [-0.05, 0) is 44.4 Å². The number of anilines is 3. The zero-order chi connectivity index (χ0) is 46.6. The SMILES string of the molecule is CC(NC(=O)c1ncnc(NCc2cn(CCCCCC(=O)Nc3cccc4c3C(=O)N(C3CCC(=O)NC3=O)C4=O)nn2)c1Cl)c1ncc(C(=O)Nc2cc(C(F)(F)F)c(Cl)cn2)s1. The van der Waals surface area contributed by atoms with Crippen molar-refractivity contribution in [3.8, 4) is 0 Å². The third-order valence-corrected chi connectivity index (χ3v) is 11.8. The van der Waals surface area contributed by atoms with Gasteiger partial charge in [0.25, 0.3) is 23.6 Å². The predicted octanol–water partition coefficient (Wildman–Crippen LogP) is 5.20. The number of hydrogen-bond donors (Lipinski definition) is 5. The summed E-state index contributed by atoms with van der Waals surface area (Å²) in [4.78, 5) is 106. The zero-order valence-electron chi connectivity index (χ0n) is 33.7. The first-order valence-corrected chi connectivity index (χ1v) is 21.1. The van der Waals surface area contributed by atoms with E-state index in [1.54, 1.807) is 17.8 Å². The number of imide groups is 2. The molecule has 7 rings (SSSR count). The Labute approximate surface area is 379 Å². The van der Waals surface area contributed by atoms with E-state index in [4.69, 9.17) is 23.2 Å². The molecule has 6 heterocycles. The van der Waals surface area contributed by atoms with E-state index >= 15 is 0 Å². The Morgan fingerprint density at radius 2 is 1.78 bits per heavy atom. The second kappa shape index (κ2) is 19.4. The molecule has 338 valence electrons. The second-order valence-electron chi connectivity index (χ2n) is 14.5. The highest BCUT2D eigenvalue weighted by molar-refractivity contribution is 7.13. The largest absolute Gasteiger partial charge is 0.418 e. The van der Waals surface area contributed by atoms with E-state index in [0.29, 0.717) is 42.6 Å². The quantitative estimate of drug-likeness (QED) is 0.0629. The van der Waals surface area contributed by atoms with Crippen LogP contribution < -0.4 is 26.6 Å². The number of unbranched alkanes of at least 4 members (excludes halogenated alkanes) is 2. The van der Waals surface area contributed by atoms with E-state index in [9.17, 15) is 46.7 Å². The molecule has 2 unspecified atom stereocenters. The number of thiazole rings is 1. The van der Waals surface area contributed by atoms with Crippen molar-refractivity contribution in [2.24, 2.45) is 0 Å². The molecule has 2 aliphatic heterocycles. The summed E-state index contributed by atoms with van der Waals surface area (Å²) >= 11 is 13.0. The Balaban J connectivity index is 0.841. The molecule has 0 aliphatic carbocycles. The number of amides is 7. The van der Waals surface area contributed by atoms with Crippen LogP contribution in [0.5, 0.6) is 0 Å². The third-order valence-electron chi connectivity index (χ3n) is 9.93. The van der Waals surface area contributed by atoms with Crippen LogP contribution in [0.1, 0.15) is 109 Å². The van der Waals surface area contributed by atoms with Crippen molar-refractivity contribution < 1.29 is 46.7 Å². The molecule has 1 aromatic carbocycles. The molecule has 0 bridgehead atoms. The molecule has 0 saturated carbocycles. The van der Waals surface area contributed by atoms with Crippen LogP contribution in [-0.2, 0) is 33.6 Å². The smallest absolute Gasteiger partial charge is 0.363 e. The number of alkyl halides is 3. The summed E-state index contributed by atoms with van der Waals surface area (Å²) < 4.78 is 41.3. The van der Waals surface area contributed by atoms with Crippen molar-refractivity contribution in [2.75, 3.05) is 16.0 Å². The molecule has 5 aromatic rings. The third kappa shape index (κ3) is 10.6. The number of carbonyl (C=O) groups is 7. The van der Waals surface area contributed by atoms with Gasteiger partial charge >= 0.3 is 6.18 Å². The van der Waals surface area contributed by atoms with E-state index < -0.39 is 64.3 Å². The predicted molar refractivity (Wildman–Crippen MR) is 225 cm³/mol. The molecule has 0 spiro atoms. The summed E-state index contributed by atoms with van der Waals surface area (Å²) in [5, 5.41) is 20.7. The van der Waals surface area contributed by atoms with E-state index in [1.807, 2.05) is 0 Å². The van der Waals surface area contributed by atoms with Crippen molar-refractivity contribution >= 4 is 93.2 Å². The summed E-state index contributed by atoms with van der Waals surface area (Å²) in [6.45, 7) is 2.21. The number of fused-ring (bicyclic) bond motifs is 1. The van der Waals surface area contributed by atoms with Crippen LogP contribution in [0.25, 0.3) is 0 Å². The number of nitrogens with one attached hydrogen (secondary N) is 5. The van der Waals surface area contributed by atoms with Crippen molar-refractivity contribution in [1.82, 2.24) is 50.5 Å². The molecule has 4 aromatic heterocycles. The Bertz CT molecular complexity index is 2730. The average Bonchev–Trinajstić information content (AvgIpc) is 4.00. The standard InChI is InChI=1S/C39H34Cl2F3N13O7S/c1-18(36-47-15-25(65-36)34(61)52-26-12-21(39(42,43)44)22(40)14-45-26)50-35(62)31-30(41)32(49-17-48-31)46-13-19-16-56(55-54-19)11-4-2-3-8-27(58)51-23-7-5-6-20-29(23)38(64)57(37(20)63)24-9-10-28(59)53-33(24)60/h5-7,12,14-18,24H,2-4,8-11,13H2,1H3,(H,50,62)(H,51,58)(H,45,52,61)(H,46,48,49)(H,53,59,60). The Hall–Kier alpha value is -6.92. The van der Waals surface area contributed by atoms with E-state index in [0.717, 1.165) is 28.8 Å². The minimum absolute atomic E-state index is 0.00548. The first kappa shape index (κ1) is 46.1. The monoisotopic (exact) mass is 955 g/mol. The van der Waals surface area contributed by atoms with Crippen LogP contribution >= 0.6 is 34.5 Å². The molecule has 26 heteroatoms. The number of hydrogen-bond acceptors (Lipinski definition) is 15. The van der Waals surface area contributed by atoms with Gasteiger partial charge in [0.05, 0.1) is 52.4 Å². The van der Waals surface area contributed by atoms with Gasteiger partial charge < -0.3 is 21.3 Å². The average molecular weight is 957 g/mol. The molecular formula is C39H34Cl2F3N13O7S. The van der Waals surface area contributed by atoms with Crippen molar-refractivity contribution in [3.63, 3.8) is 0 Å². The molecule has 1 fully saturated rings. The highest BCUT2D eigenvalue weighted by Gasteiger charge is 2.45. The highest BCUT2D eigenvalue weighted by Crippen LogP contribution is 2.36. The van der Waals surface area contributed by atoms with Gasteiger partial charge in [-0.25, -0.2) is 19.9 Å². The summed E-state index contributed by atoms with van der Waals surface area (Å²) in [5.41, 5.74) is -0.592. The summed E-state index contributed by atoms with van der Waals surface area (Å²) in [6, 6.07) is 3.22. The lowest BCUT2D eigenvalue weighted by Crippen LogP contribution is -2.54. The molecule has 20 nitrogen and oxygen atoms in total. The number of benzene rings is 1. The van der Waals surface area contributed by atoms with Crippen LogP contribution in [0.2, 0.25) is 10.0 Å². The number of aromatic nitrogens is 7. The minimum Gasteiger partial charge on any atom is -0.363 e. The molecule has 0 radical (unpaired) electrons. The molecular weight excluding hydrogens is 922 g/mol.